The standard InChI is InChI=1S/C64H115NO8/c1-3-5-7-9-11-13-15-16-17-18-19-20-21-22-23-24-25-26-27-28-29-30-31-32-33-34-35-36-37-38-39-40-41-42-44-46-48-50-52-54-60(68)65-57(56-72-64-63(71)62(70)61(69)59(55-66)73-64)58(67)53-51-49-47-45-43-14-12-10-8-6-4-2/h8,10,15-16,18-19,21-22,43,45,51,53,57-59,61-64,66-67,69-71H,3-7,9,11-14,17,20,23-42,44,46-50,52,54-56H2,1-2H3,(H,65,68)/b10-8+,16-15-,19-18-,22-21-,45-43+,53-51+. The Morgan fingerprint density at radius 3 is 1.29 bits per heavy atom. The third-order valence-corrected chi connectivity index (χ3v) is 14.2. The highest BCUT2D eigenvalue weighted by atomic mass is 16.7. The fourth-order valence-corrected chi connectivity index (χ4v) is 9.38. The zero-order valence-corrected chi connectivity index (χ0v) is 47.1. The predicted octanol–water partition coefficient (Wildman–Crippen LogP) is 15.6. The molecule has 0 aromatic carbocycles. The van der Waals surface area contributed by atoms with Crippen LogP contribution < -0.4 is 5.32 Å². The Morgan fingerprint density at radius 2 is 0.849 bits per heavy atom. The third kappa shape index (κ3) is 42.4. The van der Waals surface area contributed by atoms with Crippen LogP contribution in [-0.4, -0.2) is 87.5 Å². The van der Waals surface area contributed by atoms with Crippen molar-refractivity contribution < 1.29 is 39.8 Å². The van der Waals surface area contributed by atoms with Gasteiger partial charge in [0.25, 0.3) is 0 Å². The number of hydrogen-bond donors (Lipinski definition) is 6. The van der Waals surface area contributed by atoms with Crippen molar-refractivity contribution in [2.75, 3.05) is 13.2 Å². The van der Waals surface area contributed by atoms with Crippen molar-refractivity contribution >= 4 is 5.91 Å². The molecule has 0 radical (unpaired) electrons. The molecule has 0 aromatic heterocycles. The molecule has 1 saturated heterocycles. The Morgan fingerprint density at radius 1 is 0.466 bits per heavy atom. The van der Waals surface area contributed by atoms with E-state index in [1.54, 1.807) is 6.08 Å². The second-order valence-corrected chi connectivity index (χ2v) is 21.1. The molecule has 0 aliphatic carbocycles. The largest absolute Gasteiger partial charge is 0.394 e. The highest BCUT2D eigenvalue weighted by molar-refractivity contribution is 5.76. The van der Waals surface area contributed by atoms with Crippen LogP contribution in [0.2, 0.25) is 0 Å². The Bertz CT molecular complexity index is 1380. The number of ether oxygens (including phenoxy) is 2. The first-order valence-corrected chi connectivity index (χ1v) is 30.7. The van der Waals surface area contributed by atoms with Crippen LogP contribution in [0.25, 0.3) is 0 Å². The van der Waals surface area contributed by atoms with Gasteiger partial charge >= 0.3 is 0 Å². The van der Waals surface area contributed by atoms with Gasteiger partial charge in [0.2, 0.25) is 5.91 Å². The average Bonchev–Trinajstić information content (AvgIpc) is 3.39. The topological polar surface area (TPSA) is 149 Å². The number of hydrogen-bond acceptors (Lipinski definition) is 8. The maximum absolute atomic E-state index is 13.0. The average molecular weight is 1030 g/mol. The smallest absolute Gasteiger partial charge is 0.220 e. The van der Waals surface area contributed by atoms with Crippen LogP contribution in [0.4, 0.5) is 0 Å². The molecule has 1 heterocycles. The van der Waals surface area contributed by atoms with Gasteiger partial charge in [0, 0.05) is 6.42 Å². The first kappa shape index (κ1) is 68.6. The summed E-state index contributed by atoms with van der Waals surface area (Å²) in [5.41, 5.74) is 0. The van der Waals surface area contributed by atoms with Crippen molar-refractivity contribution in [2.24, 2.45) is 0 Å². The van der Waals surface area contributed by atoms with Crippen molar-refractivity contribution in [1.82, 2.24) is 5.32 Å². The summed E-state index contributed by atoms with van der Waals surface area (Å²) in [5.74, 6) is -0.191. The Hall–Kier alpha value is -2.37. The molecule has 1 aliphatic heterocycles. The summed E-state index contributed by atoms with van der Waals surface area (Å²) in [6, 6.07) is -0.827. The molecular formula is C64H115NO8. The molecular weight excluding hydrogens is 911 g/mol. The van der Waals surface area contributed by atoms with E-state index in [9.17, 15) is 30.3 Å². The molecule has 1 rings (SSSR count). The third-order valence-electron chi connectivity index (χ3n) is 14.2. The zero-order valence-electron chi connectivity index (χ0n) is 47.1. The Balaban J connectivity index is 2.03. The highest BCUT2D eigenvalue weighted by Gasteiger charge is 2.44. The van der Waals surface area contributed by atoms with Crippen molar-refractivity contribution in [3.05, 3.63) is 72.9 Å². The predicted molar refractivity (Wildman–Crippen MR) is 309 cm³/mol. The normalized spacial score (nSPS) is 19.6. The van der Waals surface area contributed by atoms with E-state index in [0.29, 0.717) is 6.42 Å². The van der Waals surface area contributed by atoms with Crippen LogP contribution in [0, 0.1) is 0 Å². The van der Waals surface area contributed by atoms with Gasteiger partial charge in [0.1, 0.15) is 24.4 Å². The van der Waals surface area contributed by atoms with Gasteiger partial charge in [-0.15, -0.1) is 0 Å². The minimum atomic E-state index is -1.57. The van der Waals surface area contributed by atoms with Crippen LogP contribution in [0.5, 0.6) is 0 Å². The number of allylic oxidation sites excluding steroid dienone is 11. The number of aliphatic hydroxyl groups excluding tert-OH is 5. The quantitative estimate of drug-likeness (QED) is 0.0261. The first-order valence-electron chi connectivity index (χ1n) is 30.7. The number of unbranched alkanes of at least 4 members (excludes halogenated alkanes) is 32. The summed E-state index contributed by atoms with van der Waals surface area (Å²) in [5, 5.41) is 54.3. The monoisotopic (exact) mass is 1030 g/mol. The summed E-state index contributed by atoms with van der Waals surface area (Å²) in [4.78, 5) is 13.0. The maximum atomic E-state index is 13.0. The molecule has 6 N–H and O–H groups in total. The minimum Gasteiger partial charge on any atom is -0.394 e. The number of rotatable bonds is 52. The summed E-state index contributed by atoms with van der Waals surface area (Å²) in [6.45, 7) is 3.67. The van der Waals surface area contributed by atoms with Gasteiger partial charge in [-0.2, -0.15) is 0 Å². The second kappa shape index (κ2) is 53.0. The molecule has 0 bridgehead atoms. The molecule has 9 nitrogen and oxygen atoms in total. The van der Waals surface area contributed by atoms with E-state index in [2.05, 4.69) is 79.9 Å². The van der Waals surface area contributed by atoms with E-state index in [1.807, 2.05) is 6.08 Å². The van der Waals surface area contributed by atoms with Crippen LogP contribution >= 0.6 is 0 Å². The summed E-state index contributed by atoms with van der Waals surface area (Å²) in [7, 11) is 0. The zero-order chi connectivity index (χ0) is 52.9. The van der Waals surface area contributed by atoms with E-state index in [4.69, 9.17) is 9.47 Å². The molecule has 7 atom stereocenters. The molecule has 7 unspecified atom stereocenters. The lowest BCUT2D eigenvalue weighted by Crippen LogP contribution is -2.60. The van der Waals surface area contributed by atoms with E-state index in [0.717, 1.165) is 70.6 Å². The molecule has 73 heavy (non-hydrogen) atoms. The van der Waals surface area contributed by atoms with Gasteiger partial charge in [-0.25, -0.2) is 0 Å². The van der Waals surface area contributed by atoms with Gasteiger partial charge in [0.15, 0.2) is 6.29 Å². The van der Waals surface area contributed by atoms with Gasteiger partial charge in [-0.3, -0.25) is 4.79 Å². The van der Waals surface area contributed by atoms with Gasteiger partial charge < -0.3 is 40.3 Å². The van der Waals surface area contributed by atoms with Crippen LogP contribution in [0.3, 0.4) is 0 Å². The molecule has 1 fully saturated rings. The molecule has 0 aromatic rings. The van der Waals surface area contributed by atoms with Crippen molar-refractivity contribution in [3.8, 4) is 0 Å². The van der Waals surface area contributed by atoms with Crippen molar-refractivity contribution in [2.45, 2.75) is 314 Å². The van der Waals surface area contributed by atoms with Crippen LogP contribution in [0.15, 0.2) is 72.9 Å². The number of amides is 1. The van der Waals surface area contributed by atoms with E-state index in [-0.39, 0.29) is 12.5 Å². The second-order valence-electron chi connectivity index (χ2n) is 21.1. The minimum absolute atomic E-state index is 0.191. The lowest BCUT2D eigenvalue weighted by molar-refractivity contribution is -0.302. The lowest BCUT2D eigenvalue weighted by Gasteiger charge is -2.40. The Kier molecular flexibility index (Phi) is 49.9. The molecule has 0 saturated carbocycles. The molecule has 1 aliphatic rings. The lowest BCUT2D eigenvalue weighted by atomic mass is 9.99. The number of carbonyl (C=O) groups excluding carboxylic acids is 1. The summed E-state index contributed by atoms with van der Waals surface area (Å²) in [6.07, 6.45) is 67.3. The molecule has 1 amide bonds. The highest BCUT2D eigenvalue weighted by Crippen LogP contribution is 2.23. The number of carbonyl (C=O) groups is 1. The first-order chi connectivity index (χ1) is 35.8. The SMILES string of the molecule is CCC/C=C/CC/C=C/CC/C=C/C(O)C(COC1OC(CO)C(O)C(O)C1O)NC(=O)CCCCCCCCCCCCCCCCCCCCCCCCCC/C=C\C/C=C\C/C=C\CCCCCCC. The van der Waals surface area contributed by atoms with Crippen LogP contribution in [0.1, 0.15) is 271 Å². The van der Waals surface area contributed by atoms with E-state index >= 15 is 0 Å². The fraction of sp³-hybridized carbons (Fsp3) is 0.797. The summed E-state index contributed by atoms with van der Waals surface area (Å²) >= 11 is 0. The Labute approximate surface area is 448 Å². The molecule has 424 valence electrons. The summed E-state index contributed by atoms with van der Waals surface area (Å²) < 4.78 is 11.2. The molecule has 9 heteroatoms. The van der Waals surface area contributed by atoms with Gasteiger partial charge in [0.05, 0.1) is 25.4 Å². The van der Waals surface area contributed by atoms with Gasteiger partial charge in [-0.1, -0.05) is 260 Å². The number of nitrogens with one attached hydrogen (secondary N) is 1. The maximum Gasteiger partial charge on any atom is 0.220 e. The number of aliphatic hydroxyl groups is 5. The van der Waals surface area contributed by atoms with E-state index < -0.39 is 49.5 Å². The molecule has 0 spiro atoms. The van der Waals surface area contributed by atoms with Crippen molar-refractivity contribution in [3.63, 3.8) is 0 Å². The van der Waals surface area contributed by atoms with Crippen molar-refractivity contribution in [1.29, 1.82) is 0 Å². The fourth-order valence-electron chi connectivity index (χ4n) is 9.38. The van der Waals surface area contributed by atoms with Gasteiger partial charge in [-0.05, 0) is 77.0 Å². The van der Waals surface area contributed by atoms with E-state index in [1.165, 1.54) is 180 Å². The van der Waals surface area contributed by atoms with Crippen LogP contribution in [-0.2, 0) is 14.3 Å².